The summed E-state index contributed by atoms with van der Waals surface area (Å²) in [5.74, 6) is -2.96. The van der Waals surface area contributed by atoms with Crippen molar-refractivity contribution in [1.82, 2.24) is 0 Å². The highest BCUT2D eigenvalue weighted by Crippen LogP contribution is 2.22. The second kappa shape index (κ2) is 5.74. The van der Waals surface area contributed by atoms with Gasteiger partial charge in [-0.1, -0.05) is 6.07 Å². The van der Waals surface area contributed by atoms with E-state index in [2.05, 4.69) is 0 Å². The molecule has 0 unspecified atom stereocenters. The van der Waals surface area contributed by atoms with E-state index < -0.39 is 38.1 Å². The van der Waals surface area contributed by atoms with Crippen molar-refractivity contribution >= 4 is 15.7 Å². The Balaban J connectivity index is 2.38. The third-order valence-corrected chi connectivity index (χ3v) is 4.10. The summed E-state index contributed by atoms with van der Waals surface area (Å²) < 4.78 is 65.9. The molecule has 0 fully saturated rings. The summed E-state index contributed by atoms with van der Waals surface area (Å²) >= 11 is 0. The number of rotatable bonds is 4. The predicted octanol–water partition coefficient (Wildman–Crippen LogP) is 2.36. The van der Waals surface area contributed by atoms with E-state index in [4.69, 9.17) is 5.73 Å². The number of anilines is 1. The topological polar surface area (TPSA) is 72.2 Å². The van der Waals surface area contributed by atoms with Crippen LogP contribution in [0.4, 0.5) is 18.9 Å². The highest BCUT2D eigenvalue weighted by Gasteiger charge is 2.21. The van der Waals surface area contributed by atoms with Gasteiger partial charge in [-0.3, -0.25) is 4.72 Å². The molecule has 0 aromatic heterocycles. The van der Waals surface area contributed by atoms with Gasteiger partial charge in [-0.2, -0.15) is 0 Å². The van der Waals surface area contributed by atoms with E-state index in [9.17, 15) is 21.6 Å². The molecule has 0 atom stereocenters. The average molecular weight is 316 g/mol. The van der Waals surface area contributed by atoms with Crippen LogP contribution in [-0.2, 0) is 16.6 Å². The highest BCUT2D eigenvalue weighted by molar-refractivity contribution is 7.92. The van der Waals surface area contributed by atoms with E-state index in [0.29, 0.717) is 11.6 Å². The van der Waals surface area contributed by atoms with E-state index >= 15 is 0 Å². The number of hydrogen-bond donors (Lipinski definition) is 2. The Hall–Kier alpha value is -2.06. The molecule has 8 heteroatoms. The molecule has 0 bridgehead atoms. The summed E-state index contributed by atoms with van der Waals surface area (Å²) in [6.07, 6.45) is 0. The molecular weight excluding hydrogens is 305 g/mol. The van der Waals surface area contributed by atoms with Gasteiger partial charge in [-0.25, -0.2) is 21.6 Å². The van der Waals surface area contributed by atoms with Gasteiger partial charge in [0, 0.05) is 12.6 Å². The van der Waals surface area contributed by atoms with Gasteiger partial charge in [0.15, 0.2) is 0 Å². The van der Waals surface area contributed by atoms with E-state index in [1.807, 2.05) is 4.72 Å². The Kier molecular flexibility index (Phi) is 4.19. The first-order chi connectivity index (χ1) is 9.83. The van der Waals surface area contributed by atoms with Crippen molar-refractivity contribution in [1.29, 1.82) is 0 Å². The van der Waals surface area contributed by atoms with Crippen LogP contribution in [-0.4, -0.2) is 8.42 Å². The Labute approximate surface area is 119 Å². The lowest BCUT2D eigenvalue weighted by Crippen LogP contribution is -2.16. The molecule has 0 spiro atoms. The molecule has 0 aliphatic carbocycles. The fourth-order valence-corrected chi connectivity index (χ4v) is 2.79. The fourth-order valence-electron chi connectivity index (χ4n) is 1.66. The number of sulfonamides is 1. The molecule has 21 heavy (non-hydrogen) atoms. The molecule has 0 aliphatic heterocycles. The number of nitrogens with two attached hydrogens (primary N) is 1. The molecule has 0 amide bonds. The Bertz CT molecular complexity index is 779. The van der Waals surface area contributed by atoms with Crippen LogP contribution < -0.4 is 10.5 Å². The van der Waals surface area contributed by atoms with Crippen LogP contribution >= 0.6 is 0 Å². The quantitative estimate of drug-likeness (QED) is 0.909. The molecular formula is C13H11F3N2O2S. The van der Waals surface area contributed by atoms with Crippen molar-refractivity contribution in [2.45, 2.75) is 11.4 Å². The second-order valence-electron chi connectivity index (χ2n) is 4.20. The Morgan fingerprint density at radius 1 is 1.00 bits per heavy atom. The standard InChI is InChI=1S/C13H11F3N2O2S/c14-9-2-3-12(10(15)6-9)18-21(19,20)13-4-1-8(7-17)5-11(13)16/h1-6,18H,7,17H2. The van der Waals surface area contributed by atoms with Crippen molar-refractivity contribution in [2.24, 2.45) is 5.73 Å². The van der Waals surface area contributed by atoms with Crippen LogP contribution in [0.5, 0.6) is 0 Å². The van der Waals surface area contributed by atoms with Crippen LogP contribution in [0.3, 0.4) is 0 Å². The van der Waals surface area contributed by atoms with Gasteiger partial charge in [0.25, 0.3) is 10.0 Å². The molecule has 2 aromatic rings. The zero-order valence-electron chi connectivity index (χ0n) is 10.6. The van der Waals surface area contributed by atoms with E-state index in [1.165, 1.54) is 6.07 Å². The van der Waals surface area contributed by atoms with Crippen LogP contribution in [0.25, 0.3) is 0 Å². The molecule has 2 rings (SSSR count). The summed E-state index contributed by atoms with van der Waals surface area (Å²) in [6, 6.07) is 5.67. The van der Waals surface area contributed by atoms with Gasteiger partial charge in [0.1, 0.15) is 22.3 Å². The zero-order chi connectivity index (χ0) is 15.6. The smallest absolute Gasteiger partial charge is 0.264 e. The molecule has 0 radical (unpaired) electrons. The van der Waals surface area contributed by atoms with Crippen molar-refractivity contribution < 1.29 is 21.6 Å². The SMILES string of the molecule is NCc1ccc(S(=O)(=O)Nc2ccc(F)cc2F)c(F)c1. The van der Waals surface area contributed by atoms with Gasteiger partial charge >= 0.3 is 0 Å². The van der Waals surface area contributed by atoms with Crippen molar-refractivity contribution in [3.8, 4) is 0 Å². The summed E-state index contributed by atoms with van der Waals surface area (Å²) in [5, 5.41) is 0. The maximum atomic E-state index is 13.8. The summed E-state index contributed by atoms with van der Waals surface area (Å²) in [4.78, 5) is -0.650. The molecule has 112 valence electrons. The first kappa shape index (κ1) is 15.3. The largest absolute Gasteiger partial charge is 0.326 e. The summed E-state index contributed by atoms with van der Waals surface area (Å²) in [5.41, 5.74) is 5.26. The third kappa shape index (κ3) is 3.34. The molecule has 4 nitrogen and oxygen atoms in total. The number of benzene rings is 2. The maximum Gasteiger partial charge on any atom is 0.264 e. The van der Waals surface area contributed by atoms with Gasteiger partial charge < -0.3 is 5.73 Å². The van der Waals surface area contributed by atoms with Gasteiger partial charge in [-0.15, -0.1) is 0 Å². The predicted molar refractivity (Wildman–Crippen MR) is 71.5 cm³/mol. The van der Waals surface area contributed by atoms with E-state index in [0.717, 1.165) is 24.3 Å². The number of halogens is 3. The minimum absolute atomic E-state index is 0.0528. The number of nitrogens with one attached hydrogen (secondary N) is 1. The lowest BCUT2D eigenvalue weighted by Gasteiger charge is -2.10. The van der Waals surface area contributed by atoms with Gasteiger partial charge in [-0.05, 0) is 29.8 Å². The Morgan fingerprint density at radius 3 is 2.29 bits per heavy atom. The van der Waals surface area contributed by atoms with E-state index in [1.54, 1.807) is 0 Å². The Morgan fingerprint density at radius 2 is 1.71 bits per heavy atom. The molecule has 0 aliphatic rings. The van der Waals surface area contributed by atoms with Crippen LogP contribution in [0.1, 0.15) is 5.56 Å². The maximum absolute atomic E-state index is 13.8. The lowest BCUT2D eigenvalue weighted by molar-refractivity contribution is 0.566. The van der Waals surface area contributed by atoms with Crippen molar-refractivity contribution in [3.63, 3.8) is 0 Å². The van der Waals surface area contributed by atoms with Crippen LogP contribution in [0, 0.1) is 17.5 Å². The van der Waals surface area contributed by atoms with Crippen LogP contribution in [0.15, 0.2) is 41.3 Å². The van der Waals surface area contributed by atoms with Gasteiger partial charge in [0.2, 0.25) is 0 Å². The first-order valence-electron chi connectivity index (χ1n) is 5.80. The minimum Gasteiger partial charge on any atom is -0.326 e. The monoisotopic (exact) mass is 316 g/mol. The molecule has 0 saturated carbocycles. The first-order valence-corrected chi connectivity index (χ1v) is 7.28. The molecule has 3 N–H and O–H groups in total. The molecule has 0 heterocycles. The normalized spacial score (nSPS) is 11.4. The second-order valence-corrected chi connectivity index (χ2v) is 5.85. The highest BCUT2D eigenvalue weighted by atomic mass is 32.2. The fraction of sp³-hybridized carbons (Fsp3) is 0.0769. The minimum atomic E-state index is -4.33. The molecule has 0 saturated heterocycles. The van der Waals surface area contributed by atoms with Crippen LogP contribution in [0.2, 0.25) is 0 Å². The van der Waals surface area contributed by atoms with Crippen molar-refractivity contribution in [2.75, 3.05) is 4.72 Å². The third-order valence-electron chi connectivity index (χ3n) is 2.70. The molecule has 2 aromatic carbocycles. The average Bonchev–Trinajstić information content (AvgIpc) is 2.41. The zero-order valence-corrected chi connectivity index (χ0v) is 11.4. The summed E-state index contributed by atoms with van der Waals surface area (Å²) in [6.45, 7) is 0.0528. The van der Waals surface area contributed by atoms with E-state index in [-0.39, 0.29) is 6.54 Å². The lowest BCUT2D eigenvalue weighted by atomic mass is 10.2. The number of hydrogen-bond acceptors (Lipinski definition) is 3. The summed E-state index contributed by atoms with van der Waals surface area (Å²) in [7, 11) is -4.33. The van der Waals surface area contributed by atoms with Crippen molar-refractivity contribution in [3.05, 3.63) is 59.4 Å². The van der Waals surface area contributed by atoms with Gasteiger partial charge in [0.05, 0.1) is 5.69 Å².